The van der Waals surface area contributed by atoms with E-state index in [9.17, 15) is 0 Å². The molecule has 0 saturated heterocycles. The Labute approximate surface area is 397 Å². The van der Waals surface area contributed by atoms with Crippen molar-refractivity contribution in [3.63, 3.8) is 0 Å². The predicted molar refractivity (Wildman–Crippen MR) is 287 cm³/mol. The lowest BCUT2D eigenvalue weighted by Crippen LogP contribution is -2.62. The van der Waals surface area contributed by atoms with E-state index in [-0.39, 0.29) is 33.8 Å². The van der Waals surface area contributed by atoms with Crippen molar-refractivity contribution in [3.8, 4) is 22.3 Å². The maximum absolute atomic E-state index is 2.70. The Morgan fingerprint density at radius 1 is 0.409 bits per heavy atom. The summed E-state index contributed by atoms with van der Waals surface area (Å²) < 4.78 is 0. The third-order valence-electron chi connectivity index (χ3n) is 15.5. The van der Waals surface area contributed by atoms with Gasteiger partial charge in [0.1, 0.15) is 0 Å². The Hall–Kier alpha value is -5.80. The average Bonchev–Trinajstić information content (AvgIpc) is 3.27. The van der Waals surface area contributed by atoms with Crippen molar-refractivity contribution in [1.29, 1.82) is 0 Å². The Morgan fingerprint density at radius 2 is 0.894 bits per heavy atom. The molecule has 0 spiro atoms. The first kappa shape index (κ1) is 44.1. The Bertz CT molecular complexity index is 3040. The lowest BCUT2D eigenvalue weighted by Gasteiger charge is -2.48. The van der Waals surface area contributed by atoms with E-state index in [1.807, 2.05) is 0 Å². The van der Waals surface area contributed by atoms with Crippen LogP contribution in [0.1, 0.15) is 136 Å². The molecular formula is C63H69BN2. The van der Waals surface area contributed by atoms with Gasteiger partial charge < -0.3 is 9.80 Å². The van der Waals surface area contributed by atoms with Crippen LogP contribution in [0.4, 0.5) is 34.1 Å². The van der Waals surface area contributed by atoms with Crippen LogP contribution in [0.5, 0.6) is 0 Å². The number of hydrogen-bond donors (Lipinski definition) is 0. The van der Waals surface area contributed by atoms with E-state index < -0.39 is 0 Å². The van der Waals surface area contributed by atoms with Crippen molar-refractivity contribution in [3.05, 3.63) is 173 Å². The first-order chi connectivity index (χ1) is 31.0. The van der Waals surface area contributed by atoms with Gasteiger partial charge in [-0.1, -0.05) is 187 Å². The number of benzene rings is 7. The van der Waals surface area contributed by atoms with E-state index in [1.54, 1.807) is 0 Å². The minimum Gasteiger partial charge on any atom is -0.311 e. The maximum atomic E-state index is 2.70. The fraction of sp³-hybridized carbons (Fsp3) is 0.333. The highest BCUT2D eigenvalue weighted by atomic mass is 15.2. The summed E-state index contributed by atoms with van der Waals surface area (Å²) in [4.78, 5) is 5.33. The molecule has 2 nitrogen and oxygen atoms in total. The van der Waals surface area contributed by atoms with Crippen LogP contribution in [0, 0.1) is 6.92 Å². The van der Waals surface area contributed by atoms with Crippen LogP contribution < -0.4 is 26.2 Å². The van der Waals surface area contributed by atoms with Gasteiger partial charge in [0.25, 0.3) is 6.71 Å². The summed E-state index contributed by atoms with van der Waals surface area (Å²) in [6, 6.07) is 54.4. The predicted octanol–water partition coefficient (Wildman–Crippen LogP) is 15.7. The molecule has 0 fully saturated rings. The summed E-state index contributed by atoms with van der Waals surface area (Å²) in [6.45, 7) is 33.3. The van der Waals surface area contributed by atoms with Crippen molar-refractivity contribution >= 4 is 57.2 Å². The summed E-state index contributed by atoms with van der Waals surface area (Å²) in [7, 11) is 0. The van der Waals surface area contributed by atoms with Crippen LogP contribution in [-0.2, 0) is 27.1 Å². The molecule has 10 rings (SSSR count). The van der Waals surface area contributed by atoms with Crippen LogP contribution in [0.2, 0.25) is 0 Å². The first-order valence-corrected chi connectivity index (χ1v) is 24.5. The van der Waals surface area contributed by atoms with Gasteiger partial charge in [0.2, 0.25) is 0 Å². The van der Waals surface area contributed by atoms with Crippen molar-refractivity contribution in [2.75, 3.05) is 9.80 Å². The Kier molecular flexibility index (Phi) is 10.1. The van der Waals surface area contributed by atoms with E-state index in [4.69, 9.17) is 0 Å². The Morgan fingerprint density at radius 3 is 1.45 bits per heavy atom. The minimum absolute atomic E-state index is 0.000465. The number of nitrogens with zero attached hydrogens (tertiary/aromatic N) is 2. The quantitative estimate of drug-likeness (QED) is 0.163. The van der Waals surface area contributed by atoms with Crippen molar-refractivity contribution in [1.82, 2.24) is 0 Å². The van der Waals surface area contributed by atoms with E-state index in [2.05, 4.69) is 246 Å². The molecule has 2 aliphatic heterocycles. The normalized spacial score (nSPS) is 16.1. The standard InChI is InChI=1S/C63H69BN2/c1-40-33-44(59(2,3)4)26-29-52(40)65-54-28-25-43(41-21-17-15-18-22-41)34-50(54)64-51-38-48-49(63(13,14)32-31-62(48,11)12)39-55(51)66(57-37-46(61(8,9)10)36-56(65)58(57)64)53-30-27-45(60(5,6)7)35-47(53)42-23-19-16-20-24-42/h15-30,33-39H,31-32H2,1-14H3. The molecule has 0 radical (unpaired) electrons. The molecule has 3 aliphatic rings. The van der Waals surface area contributed by atoms with Crippen molar-refractivity contribution < 1.29 is 0 Å². The van der Waals surface area contributed by atoms with Gasteiger partial charge in [-0.3, -0.25) is 0 Å². The molecule has 2 heterocycles. The van der Waals surface area contributed by atoms with Gasteiger partial charge in [-0.15, -0.1) is 0 Å². The second-order valence-electron chi connectivity index (χ2n) is 24.2. The molecule has 334 valence electrons. The van der Waals surface area contributed by atoms with Gasteiger partial charge in [0.05, 0.1) is 5.69 Å². The molecule has 1 aliphatic carbocycles. The molecule has 0 bridgehead atoms. The smallest absolute Gasteiger partial charge is 0.252 e. The highest BCUT2D eigenvalue weighted by molar-refractivity contribution is 7.00. The number of aryl methyl sites for hydroxylation is 1. The monoisotopic (exact) mass is 865 g/mol. The van der Waals surface area contributed by atoms with Gasteiger partial charge in [0.15, 0.2) is 0 Å². The van der Waals surface area contributed by atoms with Gasteiger partial charge in [-0.2, -0.15) is 0 Å². The second-order valence-corrected chi connectivity index (χ2v) is 24.2. The summed E-state index contributed by atoms with van der Waals surface area (Å²) in [6.07, 6.45) is 2.32. The van der Waals surface area contributed by atoms with Crippen molar-refractivity contribution in [2.45, 2.75) is 137 Å². The van der Waals surface area contributed by atoms with Crippen LogP contribution in [-0.4, -0.2) is 6.71 Å². The van der Waals surface area contributed by atoms with Crippen LogP contribution in [0.25, 0.3) is 22.3 Å². The zero-order valence-electron chi connectivity index (χ0n) is 42.2. The average molecular weight is 865 g/mol. The molecule has 0 N–H and O–H groups in total. The summed E-state index contributed by atoms with van der Waals surface area (Å²) in [5, 5.41) is 0. The van der Waals surface area contributed by atoms with E-state index in [1.165, 1.54) is 106 Å². The second kappa shape index (κ2) is 15.1. The zero-order chi connectivity index (χ0) is 46.9. The zero-order valence-corrected chi connectivity index (χ0v) is 42.2. The molecule has 0 unspecified atom stereocenters. The third-order valence-corrected chi connectivity index (χ3v) is 15.5. The van der Waals surface area contributed by atoms with E-state index in [0.717, 1.165) is 12.8 Å². The summed E-state index contributed by atoms with van der Waals surface area (Å²) >= 11 is 0. The number of fused-ring (bicyclic) bond motifs is 5. The number of anilines is 6. The van der Waals surface area contributed by atoms with E-state index in [0.29, 0.717) is 0 Å². The Balaban J connectivity index is 1.38. The maximum Gasteiger partial charge on any atom is 0.252 e. The van der Waals surface area contributed by atoms with Gasteiger partial charge in [-0.25, -0.2) is 0 Å². The molecule has 0 saturated carbocycles. The van der Waals surface area contributed by atoms with Gasteiger partial charge in [0, 0.05) is 34.0 Å². The van der Waals surface area contributed by atoms with Crippen LogP contribution in [0.3, 0.4) is 0 Å². The SMILES string of the molecule is Cc1cc(C(C)(C)C)ccc1N1c2ccc(-c3ccccc3)cc2B2c3cc4c(cc3N(c3ccc(C(C)(C)C)cc3-c3ccccc3)c3cc(C(C)(C)C)cc1c32)C(C)(C)CCC4(C)C. The fourth-order valence-corrected chi connectivity index (χ4v) is 11.2. The molecule has 3 heteroatoms. The van der Waals surface area contributed by atoms with E-state index >= 15 is 0 Å². The summed E-state index contributed by atoms with van der Waals surface area (Å²) in [5.74, 6) is 0. The highest BCUT2D eigenvalue weighted by Gasteiger charge is 2.47. The molecule has 0 atom stereocenters. The van der Waals surface area contributed by atoms with Crippen molar-refractivity contribution in [2.24, 2.45) is 0 Å². The first-order valence-electron chi connectivity index (χ1n) is 24.5. The number of rotatable bonds is 4. The molecule has 7 aromatic carbocycles. The number of hydrogen-bond acceptors (Lipinski definition) is 2. The fourth-order valence-electron chi connectivity index (χ4n) is 11.2. The lowest BCUT2D eigenvalue weighted by atomic mass is 9.33. The molecule has 66 heavy (non-hydrogen) atoms. The van der Waals surface area contributed by atoms with Gasteiger partial charge >= 0.3 is 0 Å². The molecular weight excluding hydrogens is 796 g/mol. The van der Waals surface area contributed by atoms with Gasteiger partial charge in [-0.05, 0) is 156 Å². The molecule has 0 aromatic heterocycles. The lowest BCUT2D eigenvalue weighted by molar-refractivity contribution is 0.332. The highest BCUT2D eigenvalue weighted by Crippen LogP contribution is 2.53. The third kappa shape index (κ3) is 7.24. The minimum atomic E-state index is -0.124. The molecule has 0 amide bonds. The topological polar surface area (TPSA) is 6.48 Å². The van der Waals surface area contributed by atoms with Crippen LogP contribution >= 0.6 is 0 Å². The largest absolute Gasteiger partial charge is 0.311 e. The molecule has 7 aromatic rings. The summed E-state index contributed by atoms with van der Waals surface area (Å²) in [5.41, 5.74) is 24.9. The van der Waals surface area contributed by atoms with Crippen LogP contribution in [0.15, 0.2) is 140 Å².